The molecule has 0 heterocycles. The molecule has 0 aliphatic rings. The van der Waals surface area contributed by atoms with Gasteiger partial charge in [-0.05, 0) is 6.92 Å². The largest absolute Gasteiger partial charge is 0.462 e. The van der Waals surface area contributed by atoms with Gasteiger partial charge in [-0.1, -0.05) is 0 Å². The smallest absolute Gasteiger partial charge is 0.343 e. The SMILES string of the molecule is CCOC(=O)C(=CN(C)C)C(=O)COC. The van der Waals surface area contributed by atoms with E-state index in [1.165, 1.54) is 13.3 Å². The summed E-state index contributed by atoms with van der Waals surface area (Å²) in [6.45, 7) is 1.80. The number of hydrogen-bond donors (Lipinski definition) is 0. The van der Waals surface area contributed by atoms with E-state index >= 15 is 0 Å². The molecule has 0 saturated carbocycles. The van der Waals surface area contributed by atoms with E-state index in [1.807, 2.05) is 0 Å². The Morgan fingerprint density at radius 2 is 1.93 bits per heavy atom. The van der Waals surface area contributed by atoms with E-state index in [1.54, 1.807) is 25.9 Å². The number of nitrogens with zero attached hydrogens (tertiary/aromatic N) is 1. The van der Waals surface area contributed by atoms with E-state index in [9.17, 15) is 9.59 Å². The van der Waals surface area contributed by atoms with Gasteiger partial charge in [0.05, 0.1) is 6.61 Å². The maximum Gasteiger partial charge on any atom is 0.343 e. The van der Waals surface area contributed by atoms with Crippen molar-refractivity contribution in [1.82, 2.24) is 4.90 Å². The maximum absolute atomic E-state index is 11.5. The van der Waals surface area contributed by atoms with E-state index < -0.39 is 5.97 Å². The zero-order valence-electron chi connectivity index (χ0n) is 9.57. The Kier molecular flexibility index (Phi) is 6.37. The lowest BCUT2D eigenvalue weighted by Gasteiger charge is -2.09. The molecule has 0 aliphatic heterocycles. The van der Waals surface area contributed by atoms with Gasteiger partial charge in [0, 0.05) is 27.4 Å². The van der Waals surface area contributed by atoms with Crippen LogP contribution in [0.1, 0.15) is 6.92 Å². The van der Waals surface area contributed by atoms with Crippen LogP contribution in [0.3, 0.4) is 0 Å². The van der Waals surface area contributed by atoms with Gasteiger partial charge in [-0.2, -0.15) is 0 Å². The summed E-state index contributed by atoms with van der Waals surface area (Å²) in [5.74, 6) is -1.00. The Labute approximate surface area is 89.6 Å². The van der Waals surface area contributed by atoms with Gasteiger partial charge >= 0.3 is 5.97 Å². The molecule has 0 amide bonds. The van der Waals surface area contributed by atoms with Crippen molar-refractivity contribution < 1.29 is 19.1 Å². The summed E-state index contributed by atoms with van der Waals surface area (Å²) in [5, 5.41) is 0. The molecule has 5 nitrogen and oxygen atoms in total. The van der Waals surface area contributed by atoms with Gasteiger partial charge in [0.15, 0.2) is 5.78 Å². The minimum Gasteiger partial charge on any atom is -0.462 e. The Balaban J connectivity index is 4.73. The zero-order chi connectivity index (χ0) is 11.8. The molecular weight excluding hydrogens is 198 g/mol. The Bertz CT molecular complexity index is 238. The van der Waals surface area contributed by atoms with Gasteiger partial charge in [0.1, 0.15) is 12.2 Å². The molecule has 5 heteroatoms. The molecule has 86 valence electrons. The first-order valence-electron chi connectivity index (χ1n) is 4.60. The molecule has 0 aromatic carbocycles. The Morgan fingerprint density at radius 1 is 1.33 bits per heavy atom. The van der Waals surface area contributed by atoms with Crippen LogP contribution in [0, 0.1) is 0 Å². The van der Waals surface area contributed by atoms with Crippen molar-refractivity contribution >= 4 is 11.8 Å². The quantitative estimate of drug-likeness (QED) is 0.274. The molecule has 0 aromatic heterocycles. The number of carbonyl (C=O) groups excluding carboxylic acids is 2. The first kappa shape index (κ1) is 13.6. The predicted octanol–water partition coefficient (Wildman–Crippen LogP) is 0.210. The highest BCUT2D eigenvalue weighted by molar-refractivity contribution is 6.17. The van der Waals surface area contributed by atoms with Crippen molar-refractivity contribution in [3.05, 3.63) is 11.8 Å². The van der Waals surface area contributed by atoms with Crippen LogP contribution in [0.2, 0.25) is 0 Å². The van der Waals surface area contributed by atoms with E-state index in [4.69, 9.17) is 4.74 Å². The average Bonchev–Trinajstić information content (AvgIpc) is 2.14. The second-order valence-corrected chi connectivity index (χ2v) is 3.08. The van der Waals surface area contributed by atoms with Crippen LogP contribution < -0.4 is 0 Å². The summed E-state index contributed by atoms with van der Waals surface area (Å²) in [7, 11) is 4.84. The number of ether oxygens (including phenoxy) is 2. The molecule has 0 spiro atoms. The molecule has 0 radical (unpaired) electrons. The number of methoxy groups -OCH3 is 1. The van der Waals surface area contributed by atoms with Crippen LogP contribution in [0.25, 0.3) is 0 Å². The predicted molar refractivity (Wildman–Crippen MR) is 55.3 cm³/mol. The minimum absolute atomic E-state index is 0.00343. The normalized spacial score (nSPS) is 11.1. The van der Waals surface area contributed by atoms with E-state index in [0.717, 1.165) is 0 Å². The van der Waals surface area contributed by atoms with Gasteiger partial charge in [-0.15, -0.1) is 0 Å². The van der Waals surface area contributed by atoms with Gasteiger partial charge in [-0.3, -0.25) is 4.79 Å². The van der Waals surface area contributed by atoms with Gasteiger partial charge in [0.25, 0.3) is 0 Å². The highest BCUT2D eigenvalue weighted by atomic mass is 16.5. The summed E-state index contributed by atoms with van der Waals surface area (Å²) in [6.07, 6.45) is 1.43. The molecular formula is C10H17NO4. The van der Waals surface area contributed by atoms with Crippen LogP contribution in [-0.2, 0) is 19.1 Å². The molecule has 0 saturated heterocycles. The first-order chi connectivity index (χ1) is 7.02. The van der Waals surface area contributed by atoms with Crippen molar-refractivity contribution in [2.75, 3.05) is 34.4 Å². The van der Waals surface area contributed by atoms with Crippen LogP contribution in [0.15, 0.2) is 11.8 Å². The number of rotatable bonds is 6. The van der Waals surface area contributed by atoms with Crippen LogP contribution in [-0.4, -0.2) is 51.1 Å². The zero-order valence-corrected chi connectivity index (χ0v) is 9.57. The minimum atomic E-state index is -0.617. The first-order valence-corrected chi connectivity index (χ1v) is 4.60. The van der Waals surface area contributed by atoms with Crippen LogP contribution in [0.4, 0.5) is 0 Å². The highest BCUT2D eigenvalue weighted by Gasteiger charge is 2.19. The molecule has 0 fully saturated rings. The van der Waals surface area contributed by atoms with E-state index in [-0.39, 0.29) is 24.6 Å². The van der Waals surface area contributed by atoms with Gasteiger partial charge in [-0.25, -0.2) is 4.79 Å². The Morgan fingerprint density at radius 3 is 2.33 bits per heavy atom. The average molecular weight is 215 g/mol. The highest BCUT2D eigenvalue weighted by Crippen LogP contribution is 2.02. The summed E-state index contributed by atoms with van der Waals surface area (Å²) in [5.41, 5.74) is 0.00343. The third kappa shape index (κ3) is 5.17. The fraction of sp³-hybridized carbons (Fsp3) is 0.600. The van der Waals surface area contributed by atoms with E-state index in [0.29, 0.717) is 0 Å². The number of Topliss-reactive ketones (excluding diaryl/α,β-unsaturated/α-hetero) is 1. The summed E-state index contributed by atoms with van der Waals surface area (Å²) in [4.78, 5) is 24.5. The number of carbonyl (C=O) groups is 2. The summed E-state index contributed by atoms with van der Waals surface area (Å²) < 4.78 is 9.44. The lowest BCUT2D eigenvalue weighted by Crippen LogP contribution is -2.22. The van der Waals surface area contributed by atoms with Gasteiger partial charge in [0.2, 0.25) is 0 Å². The van der Waals surface area contributed by atoms with Crippen molar-refractivity contribution in [2.24, 2.45) is 0 Å². The molecule has 0 aliphatic carbocycles. The van der Waals surface area contributed by atoms with Gasteiger partial charge < -0.3 is 14.4 Å². The van der Waals surface area contributed by atoms with Crippen molar-refractivity contribution in [2.45, 2.75) is 6.92 Å². The monoisotopic (exact) mass is 215 g/mol. The molecule has 0 rings (SSSR count). The third-order valence-corrected chi connectivity index (χ3v) is 1.46. The summed E-state index contributed by atoms with van der Waals surface area (Å²) >= 11 is 0. The Hall–Kier alpha value is -1.36. The molecule has 0 aromatic rings. The lowest BCUT2D eigenvalue weighted by molar-refractivity contribution is -0.140. The standard InChI is InChI=1S/C10H17NO4/c1-5-15-10(13)8(6-11(2)3)9(12)7-14-4/h6H,5,7H2,1-4H3. The molecule has 0 bridgehead atoms. The number of hydrogen-bond acceptors (Lipinski definition) is 5. The summed E-state index contributed by atoms with van der Waals surface area (Å²) in [6, 6.07) is 0. The third-order valence-electron chi connectivity index (χ3n) is 1.46. The molecule has 15 heavy (non-hydrogen) atoms. The number of esters is 1. The number of ketones is 1. The second kappa shape index (κ2) is 7.00. The fourth-order valence-electron chi connectivity index (χ4n) is 0.914. The van der Waals surface area contributed by atoms with Crippen LogP contribution >= 0.6 is 0 Å². The molecule has 0 unspecified atom stereocenters. The van der Waals surface area contributed by atoms with Crippen molar-refractivity contribution in [3.8, 4) is 0 Å². The molecule has 0 atom stereocenters. The van der Waals surface area contributed by atoms with Crippen molar-refractivity contribution in [1.29, 1.82) is 0 Å². The molecule has 0 N–H and O–H groups in total. The topological polar surface area (TPSA) is 55.8 Å². The van der Waals surface area contributed by atoms with Crippen molar-refractivity contribution in [3.63, 3.8) is 0 Å². The van der Waals surface area contributed by atoms with E-state index in [2.05, 4.69) is 4.74 Å². The van der Waals surface area contributed by atoms with Crippen LogP contribution in [0.5, 0.6) is 0 Å². The second-order valence-electron chi connectivity index (χ2n) is 3.08. The fourth-order valence-corrected chi connectivity index (χ4v) is 0.914. The maximum atomic E-state index is 11.5. The lowest BCUT2D eigenvalue weighted by atomic mass is 10.2.